The van der Waals surface area contributed by atoms with Crippen LogP contribution >= 0.6 is 0 Å². The van der Waals surface area contributed by atoms with Crippen molar-refractivity contribution in [1.29, 1.82) is 0 Å². The number of carbonyl (C=O) groups is 1. The lowest BCUT2D eigenvalue weighted by Crippen LogP contribution is -2.41. The van der Waals surface area contributed by atoms with E-state index >= 15 is 0 Å². The zero-order valence-electron chi connectivity index (χ0n) is 9.93. The Morgan fingerprint density at radius 1 is 1.53 bits per heavy atom. The average molecular weight is 235 g/mol. The van der Waals surface area contributed by atoms with Gasteiger partial charge in [0.15, 0.2) is 0 Å². The van der Waals surface area contributed by atoms with E-state index in [1.165, 1.54) is 4.57 Å². The standard InChI is InChI=1S/C12H17N3O2/c1-14-6-4-10(7-11(14)16)15-5-2-3-9(8-15)12(13)17/h4,6-7,9H,2-3,5,8H2,1H3,(H2,13,17). The number of nitrogens with zero attached hydrogens (tertiary/aromatic N) is 2. The molecule has 1 fully saturated rings. The number of amides is 1. The van der Waals surface area contributed by atoms with Gasteiger partial charge in [-0.3, -0.25) is 9.59 Å². The van der Waals surface area contributed by atoms with Crippen molar-refractivity contribution >= 4 is 11.6 Å². The van der Waals surface area contributed by atoms with Crippen LogP contribution in [0.15, 0.2) is 23.1 Å². The minimum Gasteiger partial charge on any atom is -0.371 e. The van der Waals surface area contributed by atoms with Crippen LogP contribution in [0, 0.1) is 5.92 Å². The summed E-state index contributed by atoms with van der Waals surface area (Å²) in [6.45, 7) is 1.49. The fraction of sp³-hybridized carbons (Fsp3) is 0.500. The molecule has 1 atom stereocenters. The van der Waals surface area contributed by atoms with Crippen molar-refractivity contribution in [2.24, 2.45) is 18.7 Å². The molecule has 0 bridgehead atoms. The summed E-state index contributed by atoms with van der Waals surface area (Å²) in [5.41, 5.74) is 6.17. The maximum Gasteiger partial charge on any atom is 0.252 e. The molecule has 1 aromatic heterocycles. The first-order valence-electron chi connectivity index (χ1n) is 5.79. The number of nitrogens with two attached hydrogens (primary N) is 1. The van der Waals surface area contributed by atoms with Gasteiger partial charge in [-0.25, -0.2) is 0 Å². The van der Waals surface area contributed by atoms with Crippen LogP contribution in [0.5, 0.6) is 0 Å². The maximum atomic E-state index is 11.5. The molecular formula is C12H17N3O2. The number of rotatable bonds is 2. The van der Waals surface area contributed by atoms with E-state index in [1.807, 2.05) is 6.07 Å². The number of anilines is 1. The van der Waals surface area contributed by atoms with Crippen molar-refractivity contribution < 1.29 is 4.79 Å². The number of hydrogen-bond acceptors (Lipinski definition) is 3. The number of primary amides is 1. The highest BCUT2D eigenvalue weighted by molar-refractivity contribution is 5.77. The summed E-state index contributed by atoms with van der Waals surface area (Å²) < 4.78 is 1.53. The lowest BCUT2D eigenvalue weighted by molar-refractivity contribution is -0.122. The second-order valence-electron chi connectivity index (χ2n) is 4.52. The molecule has 1 aromatic rings. The minimum absolute atomic E-state index is 0.0382. The van der Waals surface area contributed by atoms with E-state index in [0.717, 1.165) is 25.1 Å². The van der Waals surface area contributed by atoms with Crippen molar-refractivity contribution in [1.82, 2.24) is 4.57 Å². The summed E-state index contributed by atoms with van der Waals surface area (Å²) in [6.07, 6.45) is 3.52. The quantitative estimate of drug-likeness (QED) is 0.789. The molecular weight excluding hydrogens is 218 g/mol. The Bertz CT molecular complexity index is 481. The van der Waals surface area contributed by atoms with Crippen molar-refractivity contribution in [3.63, 3.8) is 0 Å². The largest absolute Gasteiger partial charge is 0.371 e. The van der Waals surface area contributed by atoms with Gasteiger partial charge in [-0.05, 0) is 18.9 Å². The predicted octanol–water partition coefficient (Wildman–Crippen LogP) is 0.0870. The van der Waals surface area contributed by atoms with E-state index < -0.39 is 0 Å². The van der Waals surface area contributed by atoms with E-state index in [9.17, 15) is 9.59 Å². The van der Waals surface area contributed by atoms with Crippen LogP contribution in [0.2, 0.25) is 0 Å². The molecule has 1 unspecified atom stereocenters. The van der Waals surface area contributed by atoms with E-state index in [4.69, 9.17) is 5.73 Å². The smallest absolute Gasteiger partial charge is 0.252 e. The van der Waals surface area contributed by atoms with Gasteiger partial charge in [0.25, 0.3) is 5.56 Å². The lowest BCUT2D eigenvalue weighted by atomic mass is 9.97. The van der Waals surface area contributed by atoms with Crippen molar-refractivity contribution in [3.05, 3.63) is 28.7 Å². The first kappa shape index (κ1) is 11.7. The fourth-order valence-electron chi connectivity index (χ4n) is 2.18. The van der Waals surface area contributed by atoms with Crippen LogP contribution in [0.4, 0.5) is 5.69 Å². The Labute approximate surface area is 99.8 Å². The Hall–Kier alpha value is -1.78. The Morgan fingerprint density at radius 2 is 2.29 bits per heavy atom. The first-order valence-corrected chi connectivity index (χ1v) is 5.79. The van der Waals surface area contributed by atoms with E-state index in [1.54, 1.807) is 19.3 Å². The van der Waals surface area contributed by atoms with Crippen molar-refractivity contribution in [2.45, 2.75) is 12.8 Å². The molecule has 17 heavy (non-hydrogen) atoms. The number of aromatic nitrogens is 1. The number of carbonyl (C=O) groups excluding carboxylic acids is 1. The van der Waals surface area contributed by atoms with Gasteiger partial charge in [-0.2, -0.15) is 0 Å². The SMILES string of the molecule is Cn1ccc(N2CCCC(C(N)=O)C2)cc1=O. The molecule has 2 N–H and O–H groups in total. The van der Waals surface area contributed by atoms with Crippen molar-refractivity contribution in [2.75, 3.05) is 18.0 Å². The van der Waals surface area contributed by atoms with Gasteiger partial charge < -0.3 is 15.2 Å². The van der Waals surface area contributed by atoms with Gasteiger partial charge in [0.05, 0.1) is 5.92 Å². The Kier molecular flexibility index (Phi) is 3.17. The number of aryl methyl sites for hydroxylation is 1. The summed E-state index contributed by atoms with van der Waals surface area (Å²) >= 11 is 0. The average Bonchev–Trinajstić information content (AvgIpc) is 2.33. The molecule has 92 valence electrons. The summed E-state index contributed by atoms with van der Waals surface area (Å²) in [5.74, 6) is -0.355. The second-order valence-corrected chi connectivity index (χ2v) is 4.52. The van der Waals surface area contributed by atoms with Gasteiger partial charge in [0.2, 0.25) is 5.91 Å². The minimum atomic E-state index is -0.251. The number of piperidine rings is 1. The van der Waals surface area contributed by atoms with Crippen LogP contribution in [-0.4, -0.2) is 23.6 Å². The zero-order chi connectivity index (χ0) is 12.4. The summed E-state index contributed by atoms with van der Waals surface area (Å²) in [6, 6.07) is 3.49. The van der Waals surface area contributed by atoms with Gasteiger partial charge in [0.1, 0.15) is 0 Å². The topological polar surface area (TPSA) is 68.3 Å². The summed E-state index contributed by atoms with van der Waals surface area (Å²) in [5, 5.41) is 0. The summed E-state index contributed by atoms with van der Waals surface area (Å²) in [7, 11) is 1.72. The Morgan fingerprint density at radius 3 is 2.94 bits per heavy atom. The Balaban J connectivity index is 2.19. The third-order valence-corrected chi connectivity index (χ3v) is 3.28. The van der Waals surface area contributed by atoms with Gasteiger partial charge in [-0.1, -0.05) is 0 Å². The van der Waals surface area contributed by atoms with Crippen LogP contribution in [0.3, 0.4) is 0 Å². The third kappa shape index (κ3) is 2.49. The van der Waals surface area contributed by atoms with E-state index in [2.05, 4.69) is 4.90 Å². The monoisotopic (exact) mass is 235 g/mol. The molecule has 0 radical (unpaired) electrons. The molecule has 1 amide bonds. The van der Waals surface area contributed by atoms with Gasteiger partial charge in [-0.15, -0.1) is 0 Å². The lowest BCUT2D eigenvalue weighted by Gasteiger charge is -2.32. The molecule has 2 heterocycles. The highest BCUT2D eigenvalue weighted by atomic mass is 16.1. The van der Waals surface area contributed by atoms with E-state index in [-0.39, 0.29) is 17.4 Å². The van der Waals surface area contributed by atoms with E-state index in [0.29, 0.717) is 6.54 Å². The molecule has 1 aliphatic rings. The molecule has 0 saturated carbocycles. The maximum absolute atomic E-state index is 11.5. The first-order chi connectivity index (χ1) is 8.08. The molecule has 1 aliphatic heterocycles. The normalized spacial score (nSPS) is 20.3. The van der Waals surface area contributed by atoms with Crippen LogP contribution < -0.4 is 16.2 Å². The number of hydrogen-bond donors (Lipinski definition) is 1. The predicted molar refractivity (Wildman–Crippen MR) is 65.8 cm³/mol. The molecule has 0 aliphatic carbocycles. The van der Waals surface area contributed by atoms with Crippen LogP contribution in [0.1, 0.15) is 12.8 Å². The molecule has 2 rings (SSSR count). The second kappa shape index (κ2) is 4.61. The molecule has 5 nitrogen and oxygen atoms in total. The molecule has 0 spiro atoms. The highest BCUT2D eigenvalue weighted by Crippen LogP contribution is 2.21. The van der Waals surface area contributed by atoms with Crippen molar-refractivity contribution in [3.8, 4) is 0 Å². The summed E-state index contributed by atoms with van der Waals surface area (Å²) in [4.78, 5) is 24.8. The van der Waals surface area contributed by atoms with Gasteiger partial charge in [0, 0.05) is 38.1 Å². The van der Waals surface area contributed by atoms with Crippen LogP contribution in [-0.2, 0) is 11.8 Å². The van der Waals surface area contributed by atoms with Gasteiger partial charge >= 0.3 is 0 Å². The zero-order valence-corrected chi connectivity index (χ0v) is 9.93. The number of pyridine rings is 1. The molecule has 5 heteroatoms. The fourth-order valence-corrected chi connectivity index (χ4v) is 2.18. The highest BCUT2D eigenvalue weighted by Gasteiger charge is 2.24. The molecule has 0 aromatic carbocycles. The van der Waals surface area contributed by atoms with Crippen LogP contribution in [0.25, 0.3) is 0 Å². The third-order valence-electron chi connectivity index (χ3n) is 3.28. The molecule has 1 saturated heterocycles.